The minimum absolute atomic E-state index is 0.498. The van der Waals surface area contributed by atoms with Crippen LogP contribution in [0.1, 0.15) is 32.1 Å². The second kappa shape index (κ2) is 4.29. The van der Waals surface area contributed by atoms with E-state index in [0.29, 0.717) is 6.10 Å². The van der Waals surface area contributed by atoms with Crippen molar-refractivity contribution in [1.29, 1.82) is 0 Å². The molecule has 2 heteroatoms. The van der Waals surface area contributed by atoms with Crippen LogP contribution in [-0.4, -0.2) is 6.10 Å². The summed E-state index contributed by atoms with van der Waals surface area (Å²) >= 11 is 3.14. The Morgan fingerprint density at radius 3 is 2.44 bits per heavy atom. The summed E-state index contributed by atoms with van der Waals surface area (Å²) < 4.78 is 5.27. The van der Waals surface area contributed by atoms with E-state index in [-0.39, 0.29) is 0 Å². The first-order valence-corrected chi connectivity index (χ1v) is 4.42. The highest BCUT2D eigenvalue weighted by atomic mass is 79.9. The van der Waals surface area contributed by atoms with Crippen LogP contribution in [0.2, 0.25) is 0 Å². The first-order chi connectivity index (χ1) is 4.43. The van der Waals surface area contributed by atoms with Gasteiger partial charge in [-0.25, -0.2) is 0 Å². The molecule has 53 valence electrons. The zero-order valence-electron chi connectivity index (χ0n) is 5.48. The molecule has 0 spiro atoms. The van der Waals surface area contributed by atoms with Gasteiger partial charge in [-0.1, -0.05) is 35.2 Å². The smallest absolute Gasteiger partial charge is 0.148 e. The minimum Gasteiger partial charge on any atom is -0.360 e. The summed E-state index contributed by atoms with van der Waals surface area (Å²) in [4.78, 5) is 0. The van der Waals surface area contributed by atoms with Gasteiger partial charge in [-0.3, -0.25) is 0 Å². The molecule has 1 aliphatic rings. The van der Waals surface area contributed by atoms with Gasteiger partial charge < -0.3 is 4.74 Å². The van der Waals surface area contributed by atoms with Gasteiger partial charge in [-0.15, -0.1) is 0 Å². The van der Waals surface area contributed by atoms with E-state index in [1.54, 1.807) is 5.52 Å². The lowest BCUT2D eigenvalue weighted by Gasteiger charge is -2.19. The minimum atomic E-state index is 0.498. The molecule has 1 nitrogen and oxygen atoms in total. The Morgan fingerprint density at radius 1 is 1.22 bits per heavy atom. The Morgan fingerprint density at radius 2 is 1.89 bits per heavy atom. The van der Waals surface area contributed by atoms with Crippen LogP contribution in [0.25, 0.3) is 0 Å². The van der Waals surface area contributed by atoms with Gasteiger partial charge in [0.2, 0.25) is 0 Å². The Balaban J connectivity index is 2.08. The van der Waals surface area contributed by atoms with E-state index in [0.717, 1.165) is 0 Å². The summed E-state index contributed by atoms with van der Waals surface area (Å²) in [5.41, 5.74) is 1.63. The number of hydrogen-bond acceptors (Lipinski definition) is 1. The van der Waals surface area contributed by atoms with E-state index < -0.39 is 0 Å². The molecule has 0 saturated heterocycles. The van der Waals surface area contributed by atoms with Gasteiger partial charge in [0.15, 0.2) is 0 Å². The van der Waals surface area contributed by atoms with Crippen LogP contribution in [0.3, 0.4) is 0 Å². The lowest BCUT2D eigenvalue weighted by atomic mass is 9.98. The molecule has 1 aliphatic carbocycles. The Labute approximate surface area is 64.9 Å². The maximum absolute atomic E-state index is 5.27. The van der Waals surface area contributed by atoms with Crippen LogP contribution in [0.4, 0.5) is 0 Å². The third-order valence-corrected chi connectivity index (χ3v) is 2.01. The second-order valence-corrected chi connectivity index (χ2v) is 2.86. The molecule has 1 fully saturated rings. The van der Waals surface area contributed by atoms with Crippen molar-refractivity contribution in [3.63, 3.8) is 0 Å². The molecule has 0 aromatic carbocycles. The summed E-state index contributed by atoms with van der Waals surface area (Å²) in [6.45, 7) is 0. The fraction of sp³-hybridized carbons (Fsp3) is 0.857. The van der Waals surface area contributed by atoms with Gasteiger partial charge in [-0.05, 0) is 12.8 Å². The molecule has 9 heavy (non-hydrogen) atoms. The van der Waals surface area contributed by atoms with E-state index in [2.05, 4.69) is 15.9 Å². The monoisotopic (exact) mass is 191 g/mol. The summed E-state index contributed by atoms with van der Waals surface area (Å²) in [6.07, 6.45) is 7.04. The van der Waals surface area contributed by atoms with Gasteiger partial charge in [0.05, 0.1) is 6.10 Å². The molecule has 0 heterocycles. The van der Waals surface area contributed by atoms with Crippen molar-refractivity contribution in [2.75, 3.05) is 0 Å². The normalized spacial score (nSPS) is 22.3. The zero-order valence-corrected chi connectivity index (χ0v) is 7.06. The molecule has 0 aromatic rings. The van der Waals surface area contributed by atoms with Crippen molar-refractivity contribution in [3.05, 3.63) is 5.52 Å². The summed E-state index contributed by atoms with van der Waals surface area (Å²) in [5, 5.41) is 0. The molecule has 1 saturated carbocycles. The number of ether oxygens (including phenoxy) is 1. The third-order valence-electron chi connectivity index (χ3n) is 1.80. The summed E-state index contributed by atoms with van der Waals surface area (Å²) in [5.74, 6) is 0. The van der Waals surface area contributed by atoms with Crippen molar-refractivity contribution in [3.8, 4) is 0 Å². The quantitative estimate of drug-likeness (QED) is 0.653. The average Bonchev–Trinajstić information content (AvgIpc) is 1.91. The first kappa shape index (κ1) is 7.55. The van der Waals surface area contributed by atoms with E-state index in [1.807, 2.05) is 0 Å². The molecule has 0 bridgehead atoms. The van der Waals surface area contributed by atoms with Crippen molar-refractivity contribution < 1.29 is 4.74 Å². The van der Waals surface area contributed by atoms with Gasteiger partial charge in [0.1, 0.15) is 5.52 Å². The van der Waals surface area contributed by atoms with Crippen LogP contribution in [0.5, 0.6) is 0 Å². The van der Waals surface area contributed by atoms with Crippen molar-refractivity contribution in [2.24, 2.45) is 0 Å². The van der Waals surface area contributed by atoms with Gasteiger partial charge in [0, 0.05) is 0 Å². The highest BCUT2D eigenvalue weighted by Gasteiger charge is 2.12. The molecule has 0 aliphatic heterocycles. The van der Waals surface area contributed by atoms with Crippen molar-refractivity contribution >= 4 is 15.9 Å². The average molecular weight is 192 g/mol. The Kier molecular flexibility index (Phi) is 3.59. The SMILES string of the molecule is Br[CH]OC1CCCCC1. The second-order valence-electron chi connectivity index (χ2n) is 2.49. The van der Waals surface area contributed by atoms with Gasteiger partial charge >= 0.3 is 0 Å². The van der Waals surface area contributed by atoms with Gasteiger partial charge in [0.25, 0.3) is 0 Å². The van der Waals surface area contributed by atoms with Crippen LogP contribution < -0.4 is 0 Å². The maximum atomic E-state index is 5.27. The lowest BCUT2D eigenvalue weighted by Crippen LogP contribution is -2.13. The van der Waals surface area contributed by atoms with E-state index in [4.69, 9.17) is 4.74 Å². The van der Waals surface area contributed by atoms with Crippen LogP contribution >= 0.6 is 15.9 Å². The maximum Gasteiger partial charge on any atom is 0.148 e. The van der Waals surface area contributed by atoms with Gasteiger partial charge in [-0.2, -0.15) is 0 Å². The fourth-order valence-corrected chi connectivity index (χ4v) is 1.58. The third kappa shape index (κ3) is 2.67. The predicted molar refractivity (Wildman–Crippen MR) is 41.2 cm³/mol. The number of rotatable bonds is 2. The number of hydrogen-bond donors (Lipinski definition) is 0. The molecule has 0 unspecified atom stereocenters. The summed E-state index contributed by atoms with van der Waals surface area (Å²) in [6, 6.07) is 0. The fourth-order valence-electron chi connectivity index (χ4n) is 1.27. The van der Waals surface area contributed by atoms with Crippen LogP contribution in [0.15, 0.2) is 0 Å². The summed E-state index contributed by atoms with van der Waals surface area (Å²) in [7, 11) is 0. The van der Waals surface area contributed by atoms with Crippen molar-refractivity contribution in [1.82, 2.24) is 0 Å². The standard InChI is InChI=1S/C7H12BrO/c8-6-9-7-4-2-1-3-5-7/h6-7H,1-5H2. The highest BCUT2D eigenvalue weighted by Crippen LogP contribution is 2.21. The lowest BCUT2D eigenvalue weighted by molar-refractivity contribution is 0.0947. The van der Waals surface area contributed by atoms with Crippen LogP contribution in [-0.2, 0) is 4.74 Å². The Hall–Kier alpha value is 0.440. The Bertz CT molecular complexity index is 66.6. The molecule has 1 rings (SSSR count). The highest BCUT2D eigenvalue weighted by molar-refractivity contribution is 9.10. The zero-order chi connectivity index (χ0) is 6.53. The molecular weight excluding hydrogens is 180 g/mol. The molecular formula is C7H12BrO. The van der Waals surface area contributed by atoms with E-state index >= 15 is 0 Å². The predicted octanol–water partition coefficient (Wildman–Crippen LogP) is 2.85. The molecule has 1 radical (unpaired) electrons. The number of halogens is 1. The molecule has 0 N–H and O–H groups in total. The molecule has 0 amide bonds. The first-order valence-electron chi connectivity index (χ1n) is 3.51. The van der Waals surface area contributed by atoms with Crippen LogP contribution in [0, 0.1) is 5.52 Å². The largest absolute Gasteiger partial charge is 0.360 e. The van der Waals surface area contributed by atoms with Crippen molar-refractivity contribution in [2.45, 2.75) is 38.2 Å². The molecule has 0 atom stereocenters. The van der Waals surface area contributed by atoms with E-state index in [1.165, 1.54) is 32.1 Å². The molecule has 0 aromatic heterocycles. The topological polar surface area (TPSA) is 9.23 Å². The van der Waals surface area contributed by atoms with E-state index in [9.17, 15) is 0 Å².